The number of nitrogens with zero attached hydrogens (tertiary/aromatic N) is 2. The fourth-order valence-corrected chi connectivity index (χ4v) is 2.47. The van der Waals surface area contributed by atoms with Crippen LogP contribution in [-0.2, 0) is 0 Å². The van der Waals surface area contributed by atoms with Gasteiger partial charge in [0.1, 0.15) is 12.1 Å². The molecule has 0 saturated heterocycles. The van der Waals surface area contributed by atoms with E-state index in [4.69, 9.17) is 4.74 Å². The molecule has 1 aromatic rings. The van der Waals surface area contributed by atoms with Crippen LogP contribution in [0.25, 0.3) is 0 Å². The molecule has 0 aromatic carbocycles. The van der Waals surface area contributed by atoms with Gasteiger partial charge in [0.2, 0.25) is 5.88 Å². The quantitative estimate of drug-likeness (QED) is 0.836. The van der Waals surface area contributed by atoms with E-state index in [0.717, 1.165) is 37.1 Å². The Morgan fingerprint density at radius 1 is 1.39 bits per heavy atom. The van der Waals surface area contributed by atoms with Crippen LogP contribution in [0.1, 0.15) is 38.2 Å². The molecule has 2 rings (SSSR count). The third-order valence-electron chi connectivity index (χ3n) is 3.57. The Morgan fingerprint density at radius 2 is 2.11 bits per heavy atom. The first-order valence-electron chi connectivity index (χ1n) is 6.54. The highest BCUT2D eigenvalue weighted by molar-refractivity contribution is 5.49. The number of aliphatic hydroxyl groups is 1. The standard InChI is InChI=1S/C13H21N3O2/c1-3-18-12-10(2)11(14-9-15-12)16-13(8-17)6-4-5-7-13/h9,17H,3-8H2,1-2H3,(H,14,15,16). The number of hydrogen-bond acceptors (Lipinski definition) is 5. The Labute approximate surface area is 108 Å². The van der Waals surface area contributed by atoms with Crippen LogP contribution in [0, 0.1) is 6.92 Å². The maximum atomic E-state index is 9.60. The lowest BCUT2D eigenvalue weighted by molar-refractivity contribution is 0.213. The first kappa shape index (κ1) is 13.1. The molecule has 0 bridgehead atoms. The average Bonchev–Trinajstić information content (AvgIpc) is 2.84. The van der Waals surface area contributed by atoms with Crippen LogP contribution < -0.4 is 10.1 Å². The Kier molecular flexibility index (Phi) is 4.01. The summed E-state index contributed by atoms with van der Waals surface area (Å²) in [7, 11) is 0. The molecule has 0 amide bonds. The van der Waals surface area contributed by atoms with E-state index in [1.807, 2.05) is 13.8 Å². The van der Waals surface area contributed by atoms with Crippen molar-refractivity contribution in [2.75, 3.05) is 18.5 Å². The van der Waals surface area contributed by atoms with Crippen molar-refractivity contribution in [3.8, 4) is 5.88 Å². The maximum Gasteiger partial charge on any atom is 0.221 e. The van der Waals surface area contributed by atoms with Gasteiger partial charge in [-0.05, 0) is 26.7 Å². The van der Waals surface area contributed by atoms with E-state index in [2.05, 4.69) is 15.3 Å². The first-order chi connectivity index (χ1) is 8.71. The SMILES string of the molecule is CCOc1ncnc(NC2(CO)CCCC2)c1C. The molecule has 0 atom stereocenters. The maximum absolute atomic E-state index is 9.60. The second-order valence-electron chi connectivity index (χ2n) is 4.86. The minimum absolute atomic E-state index is 0.139. The van der Waals surface area contributed by atoms with Crippen molar-refractivity contribution < 1.29 is 9.84 Å². The number of ether oxygens (including phenoxy) is 1. The fourth-order valence-electron chi connectivity index (χ4n) is 2.47. The van der Waals surface area contributed by atoms with E-state index in [1.165, 1.54) is 6.33 Å². The van der Waals surface area contributed by atoms with E-state index in [0.29, 0.717) is 12.5 Å². The Bertz CT molecular complexity index is 403. The topological polar surface area (TPSA) is 67.3 Å². The highest BCUT2D eigenvalue weighted by Gasteiger charge is 2.33. The summed E-state index contributed by atoms with van der Waals surface area (Å²) in [5, 5.41) is 13.0. The molecule has 1 aliphatic carbocycles. The van der Waals surface area contributed by atoms with Crippen molar-refractivity contribution in [2.45, 2.75) is 45.1 Å². The number of anilines is 1. The molecule has 0 spiro atoms. The summed E-state index contributed by atoms with van der Waals surface area (Å²) in [6, 6.07) is 0. The summed E-state index contributed by atoms with van der Waals surface area (Å²) in [6.45, 7) is 4.59. The van der Waals surface area contributed by atoms with Gasteiger partial charge in [0.25, 0.3) is 0 Å². The smallest absolute Gasteiger partial charge is 0.221 e. The largest absolute Gasteiger partial charge is 0.478 e. The molecule has 18 heavy (non-hydrogen) atoms. The van der Waals surface area contributed by atoms with Crippen LogP contribution in [0.15, 0.2) is 6.33 Å². The summed E-state index contributed by atoms with van der Waals surface area (Å²) < 4.78 is 5.45. The van der Waals surface area contributed by atoms with Gasteiger partial charge in [-0.2, -0.15) is 0 Å². The lowest BCUT2D eigenvalue weighted by Crippen LogP contribution is -2.39. The van der Waals surface area contributed by atoms with Crippen LogP contribution in [0.3, 0.4) is 0 Å². The highest BCUT2D eigenvalue weighted by atomic mass is 16.5. The van der Waals surface area contributed by atoms with Crippen molar-refractivity contribution in [1.29, 1.82) is 0 Å². The lowest BCUT2D eigenvalue weighted by atomic mass is 9.99. The average molecular weight is 251 g/mol. The zero-order chi connectivity index (χ0) is 13.0. The first-order valence-corrected chi connectivity index (χ1v) is 6.54. The molecule has 1 saturated carbocycles. The van der Waals surface area contributed by atoms with Crippen molar-refractivity contribution in [2.24, 2.45) is 0 Å². The molecule has 1 aromatic heterocycles. The lowest BCUT2D eigenvalue weighted by Gasteiger charge is -2.29. The molecule has 0 aliphatic heterocycles. The van der Waals surface area contributed by atoms with Crippen LogP contribution in [0.4, 0.5) is 5.82 Å². The second kappa shape index (κ2) is 5.52. The summed E-state index contributed by atoms with van der Waals surface area (Å²) in [4.78, 5) is 8.38. The van der Waals surface area contributed by atoms with Crippen LogP contribution in [0.5, 0.6) is 5.88 Å². The van der Waals surface area contributed by atoms with Crippen molar-refractivity contribution >= 4 is 5.82 Å². The zero-order valence-corrected chi connectivity index (χ0v) is 11.1. The Hall–Kier alpha value is -1.36. The van der Waals surface area contributed by atoms with Gasteiger partial charge in [0.15, 0.2) is 0 Å². The zero-order valence-electron chi connectivity index (χ0n) is 11.1. The number of rotatable bonds is 5. The van der Waals surface area contributed by atoms with Gasteiger partial charge >= 0.3 is 0 Å². The minimum atomic E-state index is -0.220. The van der Waals surface area contributed by atoms with Gasteiger partial charge in [0.05, 0.1) is 24.3 Å². The number of aromatic nitrogens is 2. The molecule has 100 valence electrons. The number of aliphatic hydroxyl groups excluding tert-OH is 1. The predicted octanol–water partition coefficient (Wildman–Crippen LogP) is 1.90. The minimum Gasteiger partial charge on any atom is -0.478 e. The summed E-state index contributed by atoms with van der Waals surface area (Å²) in [6.07, 6.45) is 5.76. The molecule has 1 fully saturated rings. The summed E-state index contributed by atoms with van der Waals surface area (Å²) >= 11 is 0. The van der Waals surface area contributed by atoms with Crippen LogP contribution >= 0.6 is 0 Å². The van der Waals surface area contributed by atoms with Crippen molar-refractivity contribution in [3.05, 3.63) is 11.9 Å². The molecular formula is C13H21N3O2. The predicted molar refractivity (Wildman–Crippen MR) is 69.8 cm³/mol. The fraction of sp³-hybridized carbons (Fsp3) is 0.692. The van der Waals surface area contributed by atoms with Crippen LogP contribution in [-0.4, -0.2) is 33.8 Å². The Balaban J connectivity index is 2.20. The van der Waals surface area contributed by atoms with E-state index >= 15 is 0 Å². The molecule has 1 aliphatic rings. The second-order valence-corrected chi connectivity index (χ2v) is 4.86. The molecule has 2 N–H and O–H groups in total. The van der Waals surface area contributed by atoms with Crippen molar-refractivity contribution in [3.63, 3.8) is 0 Å². The molecule has 0 unspecified atom stereocenters. The van der Waals surface area contributed by atoms with E-state index in [9.17, 15) is 5.11 Å². The van der Waals surface area contributed by atoms with Crippen molar-refractivity contribution in [1.82, 2.24) is 9.97 Å². The number of hydrogen-bond donors (Lipinski definition) is 2. The van der Waals surface area contributed by atoms with E-state index in [1.54, 1.807) is 0 Å². The third kappa shape index (κ3) is 2.56. The molecule has 5 nitrogen and oxygen atoms in total. The van der Waals surface area contributed by atoms with Gasteiger partial charge in [0, 0.05) is 0 Å². The monoisotopic (exact) mass is 251 g/mol. The molecule has 0 radical (unpaired) electrons. The Morgan fingerprint density at radius 3 is 2.72 bits per heavy atom. The summed E-state index contributed by atoms with van der Waals surface area (Å²) in [5.41, 5.74) is 0.682. The van der Waals surface area contributed by atoms with E-state index in [-0.39, 0.29) is 12.1 Å². The number of nitrogens with one attached hydrogen (secondary N) is 1. The van der Waals surface area contributed by atoms with Gasteiger partial charge in [-0.15, -0.1) is 0 Å². The van der Waals surface area contributed by atoms with Gasteiger partial charge in [-0.25, -0.2) is 9.97 Å². The van der Waals surface area contributed by atoms with Gasteiger partial charge < -0.3 is 15.2 Å². The summed E-state index contributed by atoms with van der Waals surface area (Å²) in [5.74, 6) is 1.38. The highest BCUT2D eigenvalue weighted by Crippen LogP contribution is 2.33. The van der Waals surface area contributed by atoms with Crippen LogP contribution in [0.2, 0.25) is 0 Å². The van der Waals surface area contributed by atoms with Gasteiger partial charge in [-0.1, -0.05) is 12.8 Å². The molecule has 5 heteroatoms. The third-order valence-corrected chi connectivity index (χ3v) is 3.57. The molecular weight excluding hydrogens is 230 g/mol. The molecule has 1 heterocycles. The van der Waals surface area contributed by atoms with Gasteiger partial charge in [-0.3, -0.25) is 0 Å². The van der Waals surface area contributed by atoms with E-state index < -0.39 is 0 Å². The normalized spacial score (nSPS) is 17.7.